The predicted octanol–water partition coefficient (Wildman–Crippen LogP) is 3.01. The molecule has 21 heavy (non-hydrogen) atoms. The van der Waals surface area contributed by atoms with E-state index >= 15 is 0 Å². The second kappa shape index (κ2) is 5.08. The minimum Gasteiger partial charge on any atom is -0.497 e. The lowest BCUT2D eigenvalue weighted by Crippen LogP contribution is -2.54. The second-order valence-corrected chi connectivity index (χ2v) is 10.2. The summed E-state index contributed by atoms with van der Waals surface area (Å²) >= 11 is 0. The number of hydrogen-bond acceptors (Lipinski definition) is 2. The molecule has 1 aliphatic rings. The number of hydrogen-bond donors (Lipinski definition) is 0. The van der Waals surface area contributed by atoms with Gasteiger partial charge in [-0.05, 0) is 45.8 Å². The second-order valence-electron chi connectivity index (χ2n) is 5.86. The van der Waals surface area contributed by atoms with E-state index in [4.69, 9.17) is 9.47 Å². The van der Waals surface area contributed by atoms with E-state index in [0.717, 1.165) is 11.5 Å². The summed E-state index contributed by atoms with van der Waals surface area (Å²) in [4.78, 5) is 0. The average molecular weight is 296 g/mol. The largest absolute Gasteiger partial charge is 0.497 e. The van der Waals surface area contributed by atoms with Crippen LogP contribution >= 0.6 is 0 Å². The highest BCUT2D eigenvalue weighted by Crippen LogP contribution is 2.24. The molecule has 2 aromatic carbocycles. The van der Waals surface area contributed by atoms with Gasteiger partial charge in [0.1, 0.15) is 19.6 Å². The van der Waals surface area contributed by atoms with Crippen molar-refractivity contribution in [3.63, 3.8) is 0 Å². The molecule has 0 radical (unpaired) electrons. The SMILES string of the molecule is COc1ccc2c(c1)C=Cc1cc(OC)ccc1[Si]2(C)C. The molecule has 0 aliphatic carbocycles. The lowest BCUT2D eigenvalue weighted by atomic mass is 10.1. The van der Waals surface area contributed by atoms with E-state index in [1.54, 1.807) is 14.2 Å². The van der Waals surface area contributed by atoms with E-state index < -0.39 is 8.07 Å². The summed E-state index contributed by atoms with van der Waals surface area (Å²) in [6.07, 6.45) is 4.38. The molecule has 0 aromatic heterocycles. The van der Waals surface area contributed by atoms with Gasteiger partial charge in [0.05, 0.1) is 14.2 Å². The molecular weight excluding hydrogens is 276 g/mol. The lowest BCUT2D eigenvalue weighted by Gasteiger charge is -2.26. The van der Waals surface area contributed by atoms with E-state index in [2.05, 4.69) is 61.6 Å². The Bertz CT molecular complexity index is 658. The first kappa shape index (κ1) is 14.0. The van der Waals surface area contributed by atoms with Gasteiger partial charge in [0.25, 0.3) is 0 Å². The number of fused-ring (bicyclic) bond motifs is 2. The Morgan fingerprint density at radius 1 is 0.714 bits per heavy atom. The number of benzene rings is 2. The molecule has 108 valence electrons. The quantitative estimate of drug-likeness (QED) is 0.793. The standard InChI is InChI=1S/C18H20O2Si/c1-19-15-7-9-17-13(11-15)5-6-14-12-16(20-2)8-10-18(14)21(17,3)4/h5-12H,1-4H3. The molecule has 2 aromatic rings. The Morgan fingerprint density at radius 2 is 1.14 bits per heavy atom. The van der Waals surface area contributed by atoms with E-state index in [9.17, 15) is 0 Å². The van der Waals surface area contributed by atoms with Gasteiger partial charge in [-0.2, -0.15) is 0 Å². The maximum Gasteiger partial charge on any atom is 0.119 e. The molecule has 3 heteroatoms. The molecule has 0 saturated heterocycles. The van der Waals surface area contributed by atoms with Crippen molar-refractivity contribution in [1.29, 1.82) is 0 Å². The van der Waals surface area contributed by atoms with Crippen molar-refractivity contribution in [2.24, 2.45) is 0 Å². The van der Waals surface area contributed by atoms with E-state index in [-0.39, 0.29) is 0 Å². The number of ether oxygens (including phenoxy) is 2. The van der Waals surface area contributed by atoms with Crippen LogP contribution in [0, 0.1) is 0 Å². The van der Waals surface area contributed by atoms with Crippen molar-refractivity contribution in [2.45, 2.75) is 13.1 Å². The Labute approximate surface area is 127 Å². The minimum atomic E-state index is -1.73. The van der Waals surface area contributed by atoms with Gasteiger partial charge in [-0.25, -0.2) is 0 Å². The molecule has 0 N–H and O–H groups in total. The summed E-state index contributed by atoms with van der Waals surface area (Å²) in [7, 11) is 1.70. The highest BCUT2D eigenvalue weighted by molar-refractivity contribution is 7.01. The summed E-state index contributed by atoms with van der Waals surface area (Å²) in [5.41, 5.74) is 2.53. The third-order valence-corrected chi connectivity index (χ3v) is 7.91. The predicted molar refractivity (Wildman–Crippen MR) is 91.7 cm³/mol. The zero-order valence-electron chi connectivity index (χ0n) is 12.9. The lowest BCUT2D eigenvalue weighted by molar-refractivity contribution is 0.414. The van der Waals surface area contributed by atoms with Crippen LogP contribution in [0.1, 0.15) is 11.1 Å². The highest BCUT2D eigenvalue weighted by atomic mass is 28.3. The van der Waals surface area contributed by atoms with Crippen molar-refractivity contribution in [1.82, 2.24) is 0 Å². The van der Waals surface area contributed by atoms with Crippen LogP contribution in [0.3, 0.4) is 0 Å². The van der Waals surface area contributed by atoms with Crippen LogP contribution in [-0.2, 0) is 0 Å². The summed E-state index contributed by atoms with van der Waals surface area (Å²) in [6.45, 7) is 4.80. The van der Waals surface area contributed by atoms with Gasteiger partial charge in [0.2, 0.25) is 0 Å². The van der Waals surface area contributed by atoms with Crippen LogP contribution in [0.2, 0.25) is 13.1 Å². The normalized spacial score (nSPS) is 14.9. The maximum atomic E-state index is 5.36. The van der Waals surface area contributed by atoms with Gasteiger partial charge in [-0.3, -0.25) is 0 Å². The van der Waals surface area contributed by atoms with Crippen LogP contribution in [0.5, 0.6) is 11.5 Å². The Morgan fingerprint density at radius 3 is 1.52 bits per heavy atom. The molecule has 1 heterocycles. The number of rotatable bonds is 2. The molecule has 0 bridgehead atoms. The van der Waals surface area contributed by atoms with Crippen molar-refractivity contribution in [3.8, 4) is 11.5 Å². The fourth-order valence-corrected chi connectivity index (χ4v) is 6.12. The molecular formula is C18H20O2Si. The van der Waals surface area contributed by atoms with Gasteiger partial charge >= 0.3 is 0 Å². The monoisotopic (exact) mass is 296 g/mol. The molecule has 0 amide bonds. The molecule has 0 fully saturated rings. The first-order valence-corrected chi connectivity index (χ1v) is 10.1. The average Bonchev–Trinajstić information content (AvgIpc) is 2.61. The Hall–Kier alpha value is -2.00. The van der Waals surface area contributed by atoms with Gasteiger partial charge in [0.15, 0.2) is 0 Å². The van der Waals surface area contributed by atoms with Gasteiger partial charge in [0, 0.05) is 0 Å². The first-order chi connectivity index (χ1) is 10.1. The Kier molecular flexibility index (Phi) is 3.37. The molecule has 2 nitrogen and oxygen atoms in total. The maximum absolute atomic E-state index is 5.36. The zero-order chi connectivity index (χ0) is 15.0. The van der Waals surface area contributed by atoms with E-state index in [0.29, 0.717) is 0 Å². The third-order valence-electron chi connectivity index (χ3n) is 4.31. The molecule has 0 spiro atoms. The molecule has 1 aliphatic heterocycles. The molecule has 0 unspecified atom stereocenters. The minimum absolute atomic E-state index is 0.909. The van der Waals surface area contributed by atoms with Gasteiger partial charge < -0.3 is 9.47 Å². The summed E-state index contributed by atoms with van der Waals surface area (Å²) in [6, 6.07) is 12.8. The highest BCUT2D eigenvalue weighted by Gasteiger charge is 2.31. The zero-order valence-corrected chi connectivity index (χ0v) is 13.9. The molecule has 3 rings (SSSR count). The fourth-order valence-electron chi connectivity index (χ4n) is 3.07. The van der Waals surface area contributed by atoms with Gasteiger partial charge in [-0.15, -0.1) is 0 Å². The van der Waals surface area contributed by atoms with Crippen molar-refractivity contribution >= 4 is 30.6 Å². The van der Waals surface area contributed by atoms with Crippen LogP contribution in [0.25, 0.3) is 12.2 Å². The van der Waals surface area contributed by atoms with Crippen LogP contribution in [-0.4, -0.2) is 22.3 Å². The smallest absolute Gasteiger partial charge is 0.119 e. The van der Waals surface area contributed by atoms with Crippen LogP contribution in [0.15, 0.2) is 36.4 Å². The van der Waals surface area contributed by atoms with Crippen molar-refractivity contribution in [2.75, 3.05) is 14.2 Å². The third kappa shape index (κ3) is 2.27. The first-order valence-electron chi connectivity index (χ1n) is 7.11. The van der Waals surface area contributed by atoms with E-state index in [1.165, 1.54) is 21.5 Å². The summed E-state index contributed by atoms with van der Waals surface area (Å²) in [5, 5.41) is 2.90. The van der Waals surface area contributed by atoms with Gasteiger partial charge in [-0.1, -0.05) is 37.4 Å². The van der Waals surface area contributed by atoms with E-state index in [1.807, 2.05) is 0 Å². The number of methoxy groups -OCH3 is 2. The fraction of sp³-hybridized carbons (Fsp3) is 0.222. The molecule has 0 atom stereocenters. The Balaban J connectivity index is 2.23. The van der Waals surface area contributed by atoms with Crippen molar-refractivity contribution in [3.05, 3.63) is 47.5 Å². The topological polar surface area (TPSA) is 18.5 Å². The van der Waals surface area contributed by atoms with Crippen LogP contribution < -0.4 is 19.8 Å². The summed E-state index contributed by atoms with van der Waals surface area (Å²) in [5.74, 6) is 1.82. The van der Waals surface area contributed by atoms with Crippen LogP contribution in [0.4, 0.5) is 0 Å². The summed E-state index contributed by atoms with van der Waals surface area (Å²) < 4.78 is 10.7. The molecule has 0 saturated carbocycles. The van der Waals surface area contributed by atoms with Crippen molar-refractivity contribution < 1.29 is 9.47 Å².